The molecule has 0 bridgehead atoms. The first kappa shape index (κ1) is 10.8. The van der Waals surface area contributed by atoms with Gasteiger partial charge in [0.05, 0.1) is 0 Å². The quantitative estimate of drug-likeness (QED) is 0.801. The van der Waals surface area contributed by atoms with E-state index >= 15 is 0 Å². The lowest BCUT2D eigenvalue weighted by Crippen LogP contribution is -2.20. The minimum absolute atomic E-state index is 0.249. The van der Waals surface area contributed by atoms with E-state index < -0.39 is 12.0 Å². The number of aromatic nitrogens is 2. The second-order valence-electron chi connectivity index (χ2n) is 3.61. The number of hydrogen-bond donors (Lipinski definition) is 1. The van der Waals surface area contributed by atoms with E-state index in [2.05, 4.69) is 4.98 Å². The first-order valence-electron chi connectivity index (χ1n) is 4.83. The van der Waals surface area contributed by atoms with Gasteiger partial charge >= 0.3 is 5.97 Å². The molecule has 0 radical (unpaired) electrons. The van der Waals surface area contributed by atoms with Crippen LogP contribution in [-0.2, 0) is 4.79 Å². The lowest BCUT2D eigenvalue weighted by Gasteiger charge is -2.16. The van der Waals surface area contributed by atoms with Crippen LogP contribution in [0.1, 0.15) is 45.0 Å². The van der Waals surface area contributed by atoms with Gasteiger partial charge in [0.15, 0.2) is 0 Å². The normalized spacial score (nSPS) is 13.1. The van der Waals surface area contributed by atoms with Gasteiger partial charge in [-0.3, -0.25) is 0 Å². The van der Waals surface area contributed by atoms with Gasteiger partial charge in [0.25, 0.3) is 0 Å². The molecule has 1 unspecified atom stereocenters. The third-order valence-corrected chi connectivity index (χ3v) is 2.22. The highest BCUT2D eigenvalue weighted by Gasteiger charge is 2.20. The van der Waals surface area contributed by atoms with E-state index in [9.17, 15) is 4.79 Å². The summed E-state index contributed by atoms with van der Waals surface area (Å²) < 4.78 is 1.74. The molecule has 1 heterocycles. The molecular formula is C10H16N2O2. The fraction of sp³-hybridized carbons (Fsp3) is 0.600. The van der Waals surface area contributed by atoms with Crippen LogP contribution in [0.5, 0.6) is 0 Å². The molecule has 4 nitrogen and oxygen atoms in total. The Kier molecular flexibility index (Phi) is 3.28. The second-order valence-corrected chi connectivity index (χ2v) is 3.61. The Morgan fingerprint density at radius 2 is 2.29 bits per heavy atom. The number of nitrogens with zero attached hydrogens (tertiary/aromatic N) is 2. The smallest absolute Gasteiger partial charge is 0.326 e. The van der Waals surface area contributed by atoms with E-state index in [1.54, 1.807) is 17.0 Å². The summed E-state index contributed by atoms with van der Waals surface area (Å²) in [4.78, 5) is 15.1. The number of aliphatic carboxylic acids is 1. The van der Waals surface area contributed by atoms with Crippen LogP contribution in [0.25, 0.3) is 0 Å². The summed E-state index contributed by atoms with van der Waals surface area (Å²) >= 11 is 0. The Bertz CT molecular complexity index is 318. The van der Waals surface area contributed by atoms with E-state index in [1.165, 1.54) is 0 Å². The molecule has 0 fully saturated rings. The van der Waals surface area contributed by atoms with Crippen LogP contribution in [-0.4, -0.2) is 20.6 Å². The number of carbonyl (C=O) groups is 1. The van der Waals surface area contributed by atoms with Crippen LogP contribution in [0.15, 0.2) is 12.4 Å². The number of imidazole rings is 1. The van der Waals surface area contributed by atoms with Crippen molar-refractivity contribution in [3.63, 3.8) is 0 Å². The van der Waals surface area contributed by atoms with Crippen molar-refractivity contribution in [3.05, 3.63) is 18.2 Å². The number of rotatable bonds is 4. The first-order chi connectivity index (χ1) is 6.57. The topological polar surface area (TPSA) is 55.1 Å². The maximum atomic E-state index is 11.0. The Labute approximate surface area is 83.6 Å². The van der Waals surface area contributed by atoms with Crippen LogP contribution >= 0.6 is 0 Å². The molecule has 0 aliphatic heterocycles. The van der Waals surface area contributed by atoms with Gasteiger partial charge in [-0.2, -0.15) is 0 Å². The average Bonchev–Trinajstić information content (AvgIpc) is 2.53. The Morgan fingerprint density at radius 3 is 2.71 bits per heavy atom. The van der Waals surface area contributed by atoms with Crippen molar-refractivity contribution in [2.45, 2.75) is 39.2 Å². The van der Waals surface area contributed by atoms with Crippen molar-refractivity contribution in [1.82, 2.24) is 9.55 Å². The SMILES string of the molecule is CCC(C(=O)O)n1ccnc1C(C)C. The van der Waals surface area contributed by atoms with E-state index in [0.29, 0.717) is 6.42 Å². The van der Waals surface area contributed by atoms with Gasteiger partial charge in [0.1, 0.15) is 11.9 Å². The summed E-state index contributed by atoms with van der Waals surface area (Å²) in [6.07, 6.45) is 3.96. The van der Waals surface area contributed by atoms with Gasteiger partial charge in [-0.1, -0.05) is 20.8 Å². The molecule has 1 atom stereocenters. The molecule has 0 saturated carbocycles. The summed E-state index contributed by atoms with van der Waals surface area (Å²) in [5, 5.41) is 9.00. The first-order valence-corrected chi connectivity index (χ1v) is 4.83. The van der Waals surface area contributed by atoms with Crippen molar-refractivity contribution in [2.24, 2.45) is 0 Å². The molecule has 14 heavy (non-hydrogen) atoms. The third kappa shape index (κ3) is 1.95. The predicted octanol–water partition coefficient (Wildman–Crippen LogP) is 2.04. The zero-order valence-corrected chi connectivity index (χ0v) is 8.77. The highest BCUT2D eigenvalue weighted by molar-refractivity contribution is 5.71. The van der Waals surface area contributed by atoms with Crippen LogP contribution in [0.2, 0.25) is 0 Å². The molecule has 0 spiro atoms. The van der Waals surface area contributed by atoms with E-state index in [1.807, 2.05) is 20.8 Å². The average molecular weight is 196 g/mol. The predicted molar refractivity (Wildman–Crippen MR) is 53.3 cm³/mol. The molecule has 78 valence electrons. The molecular weight excluding hydrogens is 180 g/mol. The Balaban J connectivity index is 3.03. The Hall–Kier alpha value is -1.32. The lowest BCUT2D eigenvalue weighted by atomic mass is 10.1. The Morgan fingerprint density at radius 1 is 1.64 bits per heavy atom. The van der Waals surface area contributed by atoms with Crippen LogP contribution in [0.3, 0.4) is 0 Å². The molecule has 1 N–H and O–H groups in total. The molecule has 1 aromatic rings. The van der Waals surface area contributed by atoms with Gasteiger partial charge in [0, 0.05) is 18.3 Å². The number of carboxylic acid groups (broad SMARTS) is 1. The van der Waals surface area contributed by atoms with Crippen molar-refractivity contribution < 1.29 is 9.90 Å². The highest BCUT2D eigenvalue weighted by Crippen LogP contribution is 2.19. The zero-order chi connectivity index (χ0) is 10.7. The third-order valence-electron chi connectivity index (χ3n) is 2.22. The summed E-state index contributed by atoms with van der Waals surface area (Å²) in [7, 11) is 0. The van der Waals surface area contributed by atoms with Crippen LogP contribution in [0.4, 0.5) is 0 Å². The standard InChI is InChI=1S/C10H16N2O2/c1-4-8(10(13)14)12-6-5-11-9(12)7(2)3/h5-8H,4H2,1-3H3,(H,13,14). The number of carboxylic acids is 1. The van der Waals surface area contributed by atoms with Gasteiger partial charge in [-0.15, -0.1) is 0 Å². The molecule has 0 saturated heterocycles. The van der Waals surface area contributed by atoms with E-state index in [4.69, 9.17) is 5.11 Å². The molecule has 0 aromatic carbocycles. The zero-order valence-electron chi connectivity index (χ0n) is 8.77. The largest absolute Gasteiger partial charge is 0.480 e. The molecule has 1 rings (SSSR count). The van der Waals surface area contributed by atoms with Gasteiger partial charge in [-0.25, -0.2) is 9.78 Å². The molecule has 1 aromatic heterocycles. The molecule has 4 heteroatoms. The number of hydrogen-bond acceptors (Lipinski definition) is 2. The monoisotopic (exact) mass is 196 g/mol. The molecule has 0 amide bonds. The summed E-state index contributed by atoms with van der Waals surface area (Å²) in [5.74, 6) is 0.282. The van der Waals surface area contributed by atoms with Crippen LogP contribution in [0, 0.1) is 0 Å². The molecule has 0 aliphatic carbocycles. The highest BCUT2D eigenvalue weighted by atomic mass is 16.4. The summed E-state index contributed by atoms with van der Waals surface area (Å²) in [5.41, 5.74) is 0. The van der Waals surface area contributed by atoms with Crippen molar-refractivity contribution >= 4 is 5.97 Å². The van der Waals surface area contributed by atoms with Gasteiger partial charge in [0.2, 0.25) is 0 Å². The summed E-state index contributed by atoms with van der Waals surface area (Å²) in [6.45, 7) is 5.88. The minimum Gasteiger partial charge on any atom is -0.480 e. The lowest BCUT2D eigenvalue weighted by molar-refractivity contribution is -0.141. The fourth-order valence-electron chi connectivity index (χ4n) is 1.53. The van der Waals surface area contributed by atoms with Gasteiger partial charge in [-0.05, 0) is 6.42 Å². The van der Waals surface area contributed by atoms with E-state index in [0.717, 1.165) is 5.82 Å². The maximum Gasteiger partial charge on any atom is 0.326 e. The van der Waals surface area contributed by atoms with Crippen molar-refractivity contribution in [1.29, 1.82) is 0 Å². The summed E-state index contributed by atoms with van der Waals surface area (Å²) in [6, 6.07) is -0.491. The second kappa shape index (κ2) is 4.26. The van der Waals surface area contributed by atoms with Gasteiger partial charge < -0.3 is 9.67 Å². The fourth-order valence-corrected chi connectivity index (χ4v) is 1.53. The van der Waals surface area contributed by atoms with Crippen molar-refractivity contribution in [2.75, 3.05) is 0 Å². The van der Waals surface area contributed by atoms with Crippen LogP contribution < -0.4 is 0 Å². The molecule has 0 aliphatic rings. The minimum atomic E-state index is -0.799. The van der Waals surface area contributed by atoms with Crippen molar-refractivity contribution in [3.8, 4) is 0 Å². The maximum absolute atomic E-state index is 11.0. The van der Waals surface area contributed by atoms with E-state index in [-0.39, 0.29) is 5.92 Å².